The van der Waals surface area contributed by atoms with Gasteiger partial charge < -0.3 is 14.5 Å². The number of nitrogens with zero attached hydrogens (tertiary/aromatic N) is 4. The van der Waals surface area contributed by atoms with Crippen molar-refractivity contribution < 1.29 is 9.53 Å². The first-order chi connectivity index (χ1) is 13.8. The highest BCUT2D eigenvalue weighted by molar-refractivity contribution is 5.84. The Labute approximate surface area is 163 Å². The number of anilines is 1. The van der Waals surface area contributed by atoms with E-state index in [-0.39, 0.29) is 5.91 Å². The quantitative estimate of drug-likeness (QED) is 0.690. The third-order valence-electron chi connectivity index (χ3n) is 5.66. The van der Waals surface area contributed by atoms with Crippen LogP contribution in [-0.2, 0) is 16.0 Å². The number of ether oxygens (including phenoxy) is 1. The Morgan fingerprint density at radius 1 is 1.07 bits per heavy atom. The van der Waals surface area contributed by atoms with E-state index in [0.29, 0.717) is 19.7 Å². The SMILES string of the molecule is O=C(C1OCCc2ccccc21)N1CCN(c2ccc3ncncc3c2)CC1. The minimum absolute atomic E-state index is 0.0821. The zero-order valence-corrected chi connectivity index (χ0v) is 15.6. The van der Waals surface area contributed by atoms with Gasteiger partial charge in [0.1, 0.15) is 6.33 Å². The molecule has 1 aromatic heterocycles. The molecule has 0 spiro atoms. The molecular formula is C22H22N4O2. The van der Waals surface area contributed by atoms with E-state index >= 15 is 0 Å². The molecule has 1 atom stereocenters. The first kappa shape index (κ1) is 17.1. The third kappa shape index (κ3) is 3.10. The number of hydrogen-bond acceptors (Lipinski definition) is 5. The summed E-state index contributed by atoms with van der Waals surface area (Å²) in [5.74, 6) is 0.0821. The average molecular weight is 374 g/mol. The number of fused-ring (bicyclic) bond motifs is 2. The molecule has 3 heterocycles. The van der Waals surface area contributed by atoms with Crippen LogP contribution in [0.4, 0.5) is 5.69 Å². The fourth-order valence-electron chi connectivity index (χ4n) is 4.12. The van der Waals surface area contributed by atoms with E-state index < -0.39 is 6.10 Å². The van der Waals surface area contributed by atoms with Gasteiger partial charge in [-0.05, 0) is 35.7 Å². The highest BCUT2D eigenvalue weighted by Gasteiger charge is 2.32. The number of carbonyl (C=O) groups is 1. The Balaban J connectivity index is 1.28. The van der Waals surface area contributed by atoms with Gasteiger partial charge in [0, 0.05) is 43.4 Å². The molecule has 2 aromatic carbocycles. The van der Waals surface area contributed by atoms with E-state index in [4.69, 9.17) is 4.74 Å². The van der Waals surface area contributed by atoms with Crippen LogP contribution in [-0.4, -0.2) is 53.6 Å². The third-order valence-corrected chi connectivity index (χ3v) is 5.66. The largest absolute Gasteiger partial charge is 0.368 e. The summed E-state index contributed by atoms with van der Waals surface area (Å²) in [6.07, 6.45) is 3.81. The van der Waals surface area contributed by atoms with Crippen molar-refractivity contribution in [2.24, 2.45) is 0 Å². The predicted octanol–water partition coefficient (Wildman–Crippen LogP) is 2.59. The van der Waals surface area contributed by atoms with Gasteiger partial charge in [0.25, 0.3) is 5.91 Å². The maximum atomic E-state index is 13.1. The molecule has 6 heteroatoms. The van der Waals surface area contributed by atoms with E-state index in [1.807, 2.05) is 35.4 Å². The van der Waals surface area contributed by atoms with Crippen molar-refractivity contribution in [1.29, 1.82) is 0 Å². The summed E-state index contributed by atoms with van der Waals surface area (Å²) in [6.45, 7) is 3.61. The molecule has 142 valence electrons. The molecule has 0 saturated carbocycles. The normalized spacial score (nSPS) is 19.5. The topological polar surface area (TPSA) is 58.6 Å². The van der Waals surface area contributed by atoms with Crippen molar-refractivity contribution in [3.05, 3.63) is 66.1 Å². The van der Waals surface area contributed by atoms with Crippen LogP contribution in [0.2, 0.25) is 0 Å². The lowest BCUT2D eigenvalue weighted by molar-refractivity contribution is -0.145. The molecule has 2 aliphatic heterocycles. The van der Waals surface area contributed by atoms with Crippen LogP contribution in [0.3, 0.4) is 0 Å². The zero-order valence-electron chi connectivity index (χ0n) is 15.6. The van der Waals surface area contributed by atoms with Crippen LogP contribution in [0.5, 0.6) is 0 Å². The van der Waals surface area contributed by atoms with Crippen LogP contribution < -0.4 is 4.90 Å². The number of carbonyl (C=O) groups excluding carboxylic acids is 1. The molecular weight excluding hydrogens is 352 g/mol. The number of rotatable bonds is 2. The number of piperazine rings is 1. The second-order valence-corrected chi connectivity index (χ2v) is 7.28. The van der Waals surface area contributed by atoms with Gasteiger partial charge in [-0.2, -0.15) is 0 Å². The van der Waals surface area contributed by atoms with Crippen molar-refractivity contribution in [2.75, 3.05) is 37.7 Å². The maximum Gasteiger partial charge on any atom is 0.256 e. The van der Waals surface area contributed by atoms with Crippen molar-refractivity contribution in [3.8, 4) is 0 Å². The first-order valence-corrected chi connectivity index (χ1v) is 9.72. The van der Waals surface area contributed by atoms with E-state index in [9.17, 15) is 4.79 Å². The van der Waals surface area contributed by atoms with Crippen LogP contribution >= 0.6 is 0 Å². The van der Waals surface area contributed by atoms with Gasteiger partial charge in [-0.1, -0.05) is 24.3 Å². The highest BCUT2D eigenvalue weighted by atomic mass is 16.5. The standard InChI is InChI=1S/C22H22N4O2/c27-22(21-19-4-2-1-3-16(19)7-12-28-21)26-10-8-25(9-11-26)18-5-6-20-17(13-18)14-23-15-24-20/h1-6,13-15,21H,7-12H2. The van der Waals surface area contributed by atoms with Crippen LogP contribution in [0.25, 0.3) is 10.9 Å². The van der Waals surface area contributed by atoms with E-state index in [2.05, 4.69) is 33.1 Å². The van der Waals surface area contributed by atoms with Gasteiger partial charge >= 0.3 is 0 Å². The maximum absolute atomic E-state index is 13.1. The fraction of sp³-hybridized carbons (Fsp3) is 0.318. The molecule has 1 unspecified atom stereocenters. The van der Waals surface area contributed by atoms with Crippen LogP contribution in [0.15, 0.2) is 55.0 Å². The Kier molecular flexibility index (Phi) is 4.41. The zero-order chi connectivity index (χ0) is 18.9. The molecule has 3 aromatic rings. The molecule has 2 aliphatic rings. The molecule has 1 fully saturated rings. The smallest absolute Gasteiger partial charge is 0.256 e. The Hall–Kier alpha value is -2.99. The molecule has 1 amide bonds. The highest BCUT2D eigenvalue weighted by Crippen LogP contribution is 2.29. The van der Waals surface area contributed by atoms with E-state index in [1.165, 1.54) is 5.56 Å². The Morgan fingerprint density at radius 2 is 1.93 bits per heavy atom. The summed E-state index contributed by atoms with van der Waals surface area (Å²) in [5, 5.41) is 1.03. The Morgan fingerprint density at radius 3 is 2.82 bits per heavy atom. The lowest BCUT2D eigenvalue weighted by Crippen LogP contribution is -2.50. The molecule has 0 aliphatic carbocycles. The first-order valence-electron chi connectivity index (χ1n) is 9.72. The molecule has 0 radical (unpaired) electrons. The van der Waals surface area contributed by atoms with Crippen molar-refractivity contribution >= 4 is 22.5 Å². The van der Waals surface area contributed by atoms with E-state index in [0.717, 1.165) is 41.7 Å². The van der Waals surface area contributed by atoms with E-state index in [1.54, 1.807) is 6.33 Å². The van der Waals surface area contributed by atoms with Gasteiger partial charge in [-0.15, -0.1) is 0 Å². The average Bonchev–Trinajstić information content (AvgIpc) is 2.78. The van der Waals surface area contributed by atoms with Gasteiger partial charge in [0.05, 0.1) is 12.1 Å². The number of aromatic nitrogens is 2. The van der Waals surface area contributed by atoms with Crippen LogP contribution in [0, 0.1) is 0 Å². The monoisotopic (exact) mass is 374 g/mol. The summed E-state index contributed by atoms with van der Waals surface area (Å²) in [7, 11) is 0. The fourth-order valence-corrected chi connectivity index (χ4v) is 4.12. The molecule has 28 heavy (non-hydrogen) atoms. The number of benzene rings is 2. The second-order valence-electron chi connectivity index (χ2n) is 7.28. The number of hydrogen-bond donors (Lipinski definition) is 0. The second kappa shape index (κ2) is 7.20. The lowest BCUT2D eigenvalue weighted by Gasteiger charge is -2.38. The molecule has 0 bridgehead atoms. The predicted molar refractivity (Wildman–Crippen MR) is 107 cm³/mol. The molecule has 0 N–H and O–H groups in total. The number of amides is 1. The minimum atomic E-state index is -0.464. The molecule has 1 saturated heterocycles. The summed E-state index contributed by atoms with van der Waals surface area (Å²) in [4.78, 5) is 25.7. The van der Waals surface area contributed by atoms with Crippen LogP contribution in [0.1, 0.15) is 17.2 Å². The minimum Gasteiger partial charge on any atom is -0.368 e. The van der Waals surface area contributed by atoms with Crippen molar-refractivity contribution in [2.45, 2.75) is 12.5 Å². The Bertz CT molecular complexity index is 1010. The van der Waals surface area contributed by atoms with Gasteiger partial charge in [0.2, 0.25) is 0 Å². The van der Waals surface area contributed by atoms with Gasteiger partial charge in [-0.3, -0.25) is 4.79 Å². The van der Waals surface area contributed by atoms with Crippen molar-refractivity contribution in [3.63, 3.8) is 0 Å². The summed E-state index contributed by atoms with van der Waals surface area (Å²) in [6, 6.07) is 14.4. The van der Waals surface area contributed by atoms with Crippen molar-refractivity contribution in [1.82, 2.24) is 14.9 Å². The van der Waals surface area contributed by atoms with Gasteiger partial charge in [-0.25, -0.2) is 9.97 Å². The molecule has 5 rings (SSSR count). The lowest BCUT2D eigenvalue weighted by atomic mass is 9.96. The summed E-state index contributed by atoms with van der Waals surface area (Å²) >= 11 is 0. The summed E-state index contributed by atoms with van der Waals surface area (Å²) < 4.78 is 5.86. The van der Waals surface area contributed by atoms with Gasteiger partial charge in [0.15, 0.2) is 6.10 Å². The molecule has 6 nitrogen and oxygen atoms in total. The summed E-state index contributed by atoms with van der Waals surface area (Å²) in [5.41, 5.74) is 4.34.